The van der Waals surface area contributed by atoms with Crippen molar-refractivity contribution in [2.45, 2.75) is 57.6 Å². The van der Waals surface area contributed by atoms with E-state index in [1.165, 1.54) is 42.4 Å². The molecule has 19 heavy (non-hydrogen) atoms. The smallest absolute Gasteiger partial charge is 0.0725 e. The van der Waals surface area contributed by atoms with Crippen LogP contribution in [0.5, 0.6) is 0 Å². The van der Waals surface area contributed by atoms with Gasteiger partial charge in [-0.3, -0.25) is 0 Å². The first-order valence-corrected chi connectivity index (χ1v) is 8.33. The Kier molecular flexibility index (Phi) is 3.74. The van der Waals surface area contributed by atoms with Crippen LogP contribution < -0.4 is 0 Å². The molecule has 2 atom stereocenters. The lowest BCUT2D eigenvalue weighted by molar-refractivity contribution is 0.134. The molecule has 1 saturated carbocycles. The van der Waals surface area contributed by atoms with Crippen molar-refractivity contribution in [1.82, 2.24) is 0 Å². The molecule has 0 saturated heterocycles. The third-order valence-corrected chi connectivity index (χ3v) is 6.17. The molecule has 3 rings (SSSR count). The SMILES string of the molecule is CC1(C)CCCCC1C(Br)c1ccc2c(c1)COC2. The molecule has 1 aromatic carbocycles. The molecule has 1 nitrogen and oxygen atoms in total. The molecule has 1 aliphatic carbocycles. The Balaban J connectivity index is 1.85. The van der Waals surface area contributed by atoms with Crippen LogP contribution in [0.3, 0.4) is 0 Å². The Morgan fingerprint density at radius 3 is 2.79 bits per heavy atom. The van der Waals surface area contributed by atoms with Gasteiger partial charge in [0.05, 0.1) is 13.2 Å². The van der Waals surface area contributed by atoms with E-state index in [4.69, 9.17) is 4.74 Å². The van der Waals surface area contributed by atoms with Crippen molar-refractivity contribution in [3.63, 3.8) is 0 Å². The van der Waals surface area contributed by atoms with Gasteiger partial charge in [-0.15, -0.1) is 0 Å². The number of fused-ring (bicyclic) bond motifs is 1. The lowest BCUT2D eigenvalue weighted by atomic mass is 9.66. The minimum absolute atomic E-state index is 0.446. The summed E-state index contributed by atoms with van der Waals surface area (Å²) in [5.74, 6) is 0.738. The number of benzene rings is 1. The van der Waals surface area contributed by atoms with Gasteiger partial charge >= 0.3 is 0 Å². The van der Waals surface area contributed by atoms with E-state index in [0.29, 0.717) is 10.2 Å². The number of hydrogen-bond donors (Lipinski definition) is 0. The second-order valence-corrected chi connectivity index (χ2v) is 7.75. The minimum Gasteiger partial charge on any atom is -0.372 e. The molecule has 0 spiro atoms. The fraction of sp³-hybridized carbons (Fsp3) is 0.647. The van der Waals surface area contributed by atoms with Crippen molar-refractivity contribution in [3.8, 4) is 0 Å². The largest absolute Gasteiger partial charge is 0.372 e. The average Bonchev–Trinajstić information content (AvgIpc) is 2.84. The first-order valence-electron chi connectivity index (χ1n) is 7.41. The fourth-order valence-corrected chi connectivity index (χ4v) is 4.92. The zero-order valence-corrected chi connectivity index (χ0v) is 13.5. The molecule has 104 valence electrons. The number of hydrogen-bond acceptors (Lipinski definition) is 1. The maximum absolute atomic E-state index is 5.52. The first kappa shape index (κ1) is 13.6. The Morgan fingerprint density at radius 2 is 2.00 bits per heavy atom. The standard InChI is InChI=1S/C17H23BrO/c1-17(2)8-4-3-5-15(17)16(18)12-6-7-13-10-19-11-14(13)9-12/h6-7,9,15-16H,3-5,8,10-11H2,1-2H3. The minimum atomic E-state index is 0.446. The predicted molar refractivity (Wildman–Crippen MR) is 82.3 cm³/mol. The predicted octanol–water partition coefficient (Wildman–Crippen LogP) is 5.37. The Labute approximate surface area is 124 Å². The van der Waals surface area contributed by atoms with E-state index in [9.17, 15) is 0 Å². The lowest BCUT2D eigenvalue weighted by Gasteiger charge is -2.41. The van der Waals surface area contributed by atoms with E-state index in [0.717, 1.165) is 19.1 Å². The van der Waals surface area contributed by atoms with Crippen LogP contribution in [0, 0.1) is 11.3 Å². The van der Waals surface area contributed by atoms with Gasteiger partial charge in [-0.1, -0.05) is 60.8 Å². The van der Waals surface area contributed by atoms with Crippen LogP contribution >= 0.6 is 15.9 Å². The number of ether oxygens (including phenoxy) is 1. The Hall–Kier alpha value is -0.340. The van der Waals surface area contributed by atoms with Crippen LogP contribution in [0.15, 0.2) is 18.2 Å². The Bertz CT molecular complexity index is 466. The second-order valence-electron chi connectivity index (χ2n) is 6.76. The van der Waals surface area contributed by atoms with Crippen molar-refractivity contribution >= 4 is 15.9 Å². The molecular formula is C17H23BrO. The van der Waals surface area contributed by atoms with E-state index < -0.39 is 0 Å². The van der Waals surface area contributed by atoms with Crippen LogP contribution in [-0.4, -0.2) is 0 Å². The van der Waals surface area contributed by atoms with E-state index in [1.807, 2.05) is 0 Å². The third kappa shape index (κ3) is 2.62. The van der Waals surface area contributed by atoms with Crippen molar-refractivity contribution in [3.05, 3.63) is 34.9 Å². The zero-order valence-electron chi connectivity index (χ0n) is 11.9. The summed E-state index contributed by atoms with van der Waals surface area (Å²) in [7, 11) is 0. The van der Waals surface area contributed by atoms with Gasteiger partial charge < -0.3 is 4.74 Å². The van der Waals surface area contributed by atoms with Gasteiger partial charge in [0.25, 0.3) is 0 Å². The quantitative estimate of drug-likeness (QED) is 0.665. The Morgan fingerprint density at radius 1 is 1.21 bits per heavy atom. The van der Waals surface area contributed by atoms with E-state index >= 15 is 0 Å². The summed E-state index contributed by atoms with van der Waals surface area (Å²) in [4.78, 5) is 0.480. The molecular weight excluding hydrogens is 300 g/mol. The van der Waals surface area contributed by atoms with E-state index in [1.54, 1.807) is 0 Å². The number of halogens is 1. The zero-order chi connectivity index (χ0) is 13.5. The second kappa shape index (κ2) is 5.21. The molecule has 2 unspecified atom stereocenters. The van der Waals surface area contributed by atoms with Crippen molar-refractivity contribution in [2.24, 2.45) is 11.3 Å². The van der Waals surface area contributed by atoms with Gasteiger partial charge in [-0.05, 0) is 40.9 Å². The maximum Gasteiger partial charge on any atom is 0.0725 e. The molecule has 0 bridgehead atoms. The summed E-state index contributed by atoms with van der Waals surface area (Å²) in [6.07, 6.45) is 5.47. The van der Waals surface area contributed by atoms with Gasteiger partial charge in [0, 0.05) is 4.83 Å². The molecule has 0 amide bonds. The van der Waals surface area contributed by atoms with Crippen molar-refractivity contribution in [2.75, 3.05) is 0 Å². The highest BCUT2D eigenvalue weighted by molar-refractivity contribution is 9.09. The summed E-state index contributed by atoms with van der Waals surface area (Å²) in [5.41, 5.74) is 4.63. The summed E-state index contributed by atoms with van der Waals surface area (Å²) in [5, 5.41) is 0. The molecule has 1 aliphatic heterocycles. The van der Waals surface area contributed by atoms with Crippen molar-refractivity contribution < 1.29 is 4.74 Å². The maximum atomic E-state index is 5.52. The third-order valence-electron chi connectivity index (χ3n) is 5.01. The van der Waals surface area contributed by atoms with Crippen LogP contribution in [0.1, 0.15) is 61.0 Å². The van der Waals surface area contributed by atoms with Crippen molar-refractivity contribution in [1.29, 1.82) is 0 Å². The number of alkyl halides is 1. The van der Waals surface area contributed by atoms with E-state index in [2.05, 4.69) is 48.0 Å². The van der Waals surface area contributed by atoms with Crippen LogP contribution in [0.25, 0.3) is 0 Å². The normalized spacial score (nSPS) is 27.0. The van der Waals surface area contributed by atoms with Crippen LogP contribution in [-0.2, 0) is 18.0 Å². The molecule has 1 fully saturated rings. The summed E-state index contributed by atoms with van der Waals surface area (Å²) in [6, 6.07) is 6.89. The highest BCUT2D eigenvalue weighted by atomic mass is 79.9. The van der Waals surface area contributed by atoms with Gasteiger partial charge in [-0.25, -0.2) is 0 Å². The molecule has 1 aromatic rings. The van der Waals surface area contributed by atoms with E-state index in [-0.39, 0.29) is 0 Å². The monoisotopic (exact) mass is 322 g/mol. The highest BCUT2D eigenvalue weighted by Gasteiger charge is 2.37. The van der Waals surface area contributed by atoms with Gasteiger partial charge in [0.1, 0.15) is 0 Å². The van der Waals surface area contributed by atoms with Gasteiger partial charge in [0.15, 0.2) is 0 Å². The average molecular weight is 323 g/mol. The first-order chi connectivity index (χ1) is 9.08. The molecule has 2 aliphatic rings. The molecule has 0 radical (unpaired) electrons. The molecule has 1 heterocycles. The fourth-order valence-electron chi connectivity index (χ4n) is 3.66. The molecule has 0 aromatic heterocycles. The summed E-state index contributed by atoms with van der Waals surface area (Å²) in [6.45, 7) is 6.44. The van der Waals surface area contributed by atoms with Crippen LogP contribution in [0.2, 0.25) is 0 Å². The number of rotatable bonds is 2. The van der Waals surface area contributed by atoms with Gasteiger partial charge in [0.2, 0.25) is 0 Å². The topological polar surface area (TPSA) is 9.23 Å². The van der Waals surface area contributed by atoms with Gasteiger partial charge in [-0.2, -0.15) is 0 Å². The molecule has 2 heteroatoms. The lowest BCUT2D eigenvalue weighted by Crippen LogP contribution is -2.30. The molecule has 0 N–H and O–H groups in total. The highest BCUT2D eigenvalue weighted by Crippen LogP contribution is 2.50. The van der Waals surface area contributed by atoms with Crippen LogP contribution in [0.4, 0.5) is 0 Å². The summed E-state index contributed by atoms with van der Waals surface area (Å²) < 4.78 is 5.52. The summed E-state index contributed by atoms with van der Waals surface area (Å²) >= 11 is 3.99.